The number of aryl methyl sites for hydroxylation is 2. The molecule has 2 N–H and O–H groups in total. The van der Waals surface area contributed by atoms with Crippen molar-refractivity contribution in [3.8, 4) is 28.5 Å². The van der Waals surface area contributed by atoms with Gasteiger partial charge >= 0.3 is 0 Å². The van der Waals surface area contributed by atoms with Gasteiger partial charge in [0.1, 0.15) is 17.2 Å². The normalized spacial score (nSPS) is 10.9. The van der Waals surface area contributed by atoms with Crippen molar-refractivity contribution in [3.05, 3.63) is 60.0 Å². The van der Waals surface area contributed by atoms with E-state index in [1.807, 2.05) is 56.3 Å². The molecule has 0 amide bonds. The van der Waals surface area contributed by atoms with E-state index in [-0.39, 0.29) is 0 Å². The third-order valence-corrected chi connectivity index (χ3v) is 4.26. The number of hydrogen-bond acceptors (Lipinski definition) is 5. The fourth-order valence-electron chi connectivity index (χ4n) is 2.85. The van der Waals surface area contributed by atoms with Crippen LogP contribution >= 0.6 is 0 Å². The van der Waals surface area contributed by atoms with Gasteiger partial charge in [0.25, 0.3) is 0 Å². The molecule has 146 valence electrons. The Morgan fingerprint density at radius 3 is 2.36 bits per heavy atom. The summed E-state index contributed by atoms with van der Waals surface area (Å²) in [4.78, 5) is 8.94. The van der Waals surface area contributed by atoms with Gasteiger partial charge in [-0.1, -0.05) is 13.8 Å². The van der Waals surface area contributed by atoms with Crippen LogP contribution in [0.4, 0.5) is 5.69 Å². The van der Waals surface area contributed by atoms with Crippen LogP contribution in [-0.4, -0.2) is 16.6 Å². The van der Waals surface area contributed by atoms with E-state index < -0.39 is 0 Å². The Hall–Kier alpha value is -3.08. The molecule has 2 heterocycles. The number of ether oxygens (including phenoxy) is 2. The largest absolute Gasteiger partial charge is 0.492 e. The fraction of sp³-hybridized carbons (Fsp3) is 0.304. The Kier molecular flexibility index (Phi) is 6.14. The first-order valence-electron chi connectivity index (χ1n) is 9.52. The number of pyridine rings is 2. The van der Waals surface area contributed by atoms with Crippen LogP contribution in [0.3, 0.4) is 0 Å². The second kappa shape index (κ2) is 8.74. The van der Waals surface area contributed by atoms with Gasteiger partial charge in [0.05, 0.1) is 18.5 Å². The lowest BCUT2D eigenvalue weighted by Gasteiger charge is -2.13. The number of hydrogen-bond donors (Lipinski definition) is 1. The van der Waals surface area contributed by atoms with Crippen LogP contribution in [0.25, 0.3) is 11.3 Å². The number of rotatable bonds is 7. The molecule has 0 atom stereocenters. The summed E-state index contributed by atoms with van der Waals surface area (Å²) in [7, 11) is 0. The maximum Gasteiger partial charge on any atom is 0.138 e. The second-order valence-corrected chi connectivity index (χ2v) is 7.35. The minimum absolute atomic E-state index is 0.613. The van der Waals surface area contributed by atoms with Crippen LogP contribution < -0.4 is 15.2 Å². The summed E-state index contributed by atoms with van der Waals surface area (Å²) in [6.45, 7) is 8.94. The Morgan fingerprint density at radius 2 is 1.71 bits per heavy atom. The van der Waals surface area contributed by atoms with Crippen molar-refractivity contribution in [2.75, 3.05) is 12.3 Å². The number of aromatic nitrogens is 2. The molecule has 0 unspecified atom stereocenters. The van der Waals surface area contributed by atoms with Gasteiger partial charge in [-0.3, -0.25) is 9.97 Å². The average Bonchev–Trinajstić information content (AvgIpc) is 2.61. The highest BCUT2D eigenvalue weighted by Crippen LogP contribution is 2.35. The zero-order valence-corrected chi connectivity index (χ0v) is 16.9. The van der Waals surface area contributed by atoms with E-state index in [2.05, 4.69) is 23.8 Å². The molecule has 5 nitrogen and oxygen atoms in total. The van der Waals surface area contributed by atoms with Gasteiger partial charge in [0.15, 0.2) is 0 Å². The summed E-state index contributed by atoms with van der Waals surface area (Å²) < 4.78 is 11.9. The third kappa shape index (κ3) is 5.22. The molecule has 0 bridgehead atoms. The Balaban J connectivity index is 1.84. The van der Waals surface area contributed by atoms with E-state index >= 15 is 0 Å². The summed E-state index contributed by atoms with van der Waals surface area (Å²) in [5.41, 5.74) is 10.1. The smallest absolute Gasteiger partial charge is 0.138 e. The van der Waals surface area contributed by atoms with Gasteiger partial charge < -0.3 is 15.2 Å². The summed E-state index contributed by atoms with van der Waals surface area (Å²) in [6.07, 6.45) is 2.76. The van der Waals surface area contributed by atoms with Crippen LogP contribution in [0.15, 0.2) is 48.7 Å². The topological polar surface area (TPSA) is 70.3 Å². The molecule has 0 aliphatic heterocycles. The molecular formula is C23H27N3O2. The minimum Gasteiger partial charge on any atom is -0.492 e. The van der Waals surface area contributed by atoms with E-state index in [1.165, 1.54) is 0 Å². The van der Waals surface area contributed by atoms with Crippen LogP contribution in [0.2, 0.25) is 0 Å². The molecule has 28 heavy (non-hydrogen) atoms. The molecule has 3 aromatic rings. The third-order valence-electron chi connectivity index (χ3n) is 4.26. The fourth-order valence-corrected chi connectivity index (χ4v) is 2.85. The lowest BCUT2D eigenvalue weighted by atomic mass is 10.1. The van der Waals surface area contributed by atoms with Crippen molar-refractivity contribution in [3.63, 3.8) is 0 Å². The first kappa shape index (κ1) is 19.7. The van der Waals surface area contributed by atoms with Gasteiger partial charge in [-0.15, -0.1) is 0 Å². The number of nitrogens with two attached hydrogens (primary N) is 1. The first-order chi connectivity index (χ1) is 13.4. The molecule has 5 heteroatoms. The molecule has 0 aliphatic carbocycles. The van der Waals surface area contributed by atoms with Crippen molar-refractivity contribution < 1.29 is 9.47 Å². The molecule has 3 rings (SSSR count). The van der Waals surface area contributed by atoms with Crippen molar-refractivity contribution >= 4 is 5.69 Å². The molecule has 1 aromatic carbocycles. The number of nitrogens with zero attached hydrogens (tertiary/aromatic N) is 2. The summed E-state index contributed by atoms with van der Waals surface area (Å²) in [5, 5.41) is 0. The van der Waals surface area contributed by atoms with Gasteiger partial charge in [-0.25, -0.2) is 0 Å². The SMILES string of the molecule is Cc1cc(Oc2cc(N)ccc2-c2ccc(OCCC(C)C)cn2)cc(C)n1. The molecule has 0 saturated carbocycles. The van der Waals surface area contributed by atoms with Gasteiger partial charge in [0.2, 0.25) is 0 Å². The standard InChI is InChI=1S/C23H27N3O2/c1-15(2)9-10-27-19-6-8-22(25-14-19)21-7-5-18(24)13-23(21)28-20-11-16(3)26-17(4)12-20/h5-8,11-15H,9-10,24H2,1-4H3. The highest BCUT2D eigenvalue weighted by Gasteiger charge is 2.11. The zero-order chi connectivity index (χ0) is 20.1. The van der Waals surface area contributed by atoms with E-state index in [0.29, 0.717) is 24.0 Å². The van der Waals surface area contributed by atoms with Gasteiger partial charge in [-0.2, -0.15) is 0 Å². The van der Waals surface area contributed by atoms with Crippen molar-refractivity contribution in [2.45, 2.75) is 34.1 Å². The molecular weight excluding hydrogens is 350 g/mol. The van der Waals surface area contributed by atoms with Crippen LogP contribution in [-0.2, 0) is 0 Å². The van der Waals surface area contributed by atoms with Gasteiger partial charge in [0, 0.05) is 40.8 Å². The predicted molar refractivity (Wildman–Crippen MR) is 113 cm³/mol. The van der Waals surface area contributed by atoms with E-state index in [1.54, 1.807) is 6.20 Å². The lowest BCUT2D eigenvalue weighted by molar-refractivity contribution is 0.288. The van der Waals surface area contributed by atoms with E-state index in [9.17, 15) is 0 Å². The first-order valence-corrected chi connectivity index (χ1v) is 9.52. The maximum absolute atomic E-state index is 6.14. The highest BCUT2D eigenvalue weighted by molar-refractivity contribution is 5.71. The Bertz CT molecular complexity index is 917. The second-order valence-electron chi connectivity index (χ2n) is 7.35. The monoisotopic (exact) mass is 377 g/mol. The van der Waals surface area contributed by atoms with Crippen LogP contribution in [0.5, 0.6) is 17.2 Å². The van der Waals surface area contributed by atoms with Crippen LogP contribution in [0.1, 0.15) is 31.7 Å². The number of benzene rings is 1. The summed E-state index contributed by atoms with van der Waals surface area (Å²) >= 11 is 0. The van der Waals surface area contributed by atoms with Crippen molar-refractivity contribution in [1.29, 1.82) is 0 Å². The molecule has 0 saturated heterocycles. The molecule has 0 spiro atoms. The van der Waals surface area contributed by atoms with Crippen LogP contribution in [0, 0.1) is 19.8 Å². The molecule has 0 aliphatic rings. The molecule has 2 aromatic heterocycles. The maximum atomic E-state index is 6.14. The summed E-state index contributed by atoms with van der Waals surface area (Å²) in [5.74, 6) is 2.77. The molecule has 0 fully saturated rings. The Labute approximate surface area is 166 Å². The van der Waals surface area contributed by atoms with E-state index in [0.717, 1.165) is 40.6 Å². The van der Waals surface area contributed by atoms with Gasteiger partial charge in [-0.05, 0) is 50.5 Å². The summed E-state index contributed by atoms with van der Waals surface area (Å²) in [6, 6.07) is 13.3. The minimum atomic E-state index is 0.613. The van der Waals surface area contributed by atoms with Crippen molar-refractivity contribution in [1.82, 2.24) is 9.97 Å². The molecule has 0 radical (unpaired) electrons. The average molecular weight is 377 g/mol. The quantitative estimate of drug-likeness (QED) is 0.546. The highest BCUT2D eigenvalue weighted by atomic mass is 16.5. The van der Waals surface area contributed by atoms with Crippen molar-refractivity contribution in [2.24, 2.45) is 5.92 Å². The Morgan fingerprint density at radius 1 is 0.964 bits per heavy atom. The number of anilines is 1. The van der Waals surface area contributed by atoms with E-state index in [4.69, 9.17) is 15.2 Å². The predicted octanol–water partition coefficient (Wildman–Crippen LogP) is 5.56. The lowest BCUT2D eigenvalue weighted by Crippen LogP contribution is -2.01. The zero-order valence-electron chi connectivity index (χ0n) is 16.9. The number of nitrogen functional groups attached to an aromatic ring is 1.